The molecule has 3 saturated heterocycles. The molecule has 3 amide bonds. The van der Waals surface area contributed by atoms with E-state index in [9.17, 15) is 19.5 Å². The van der Waals surface area contributed by atoms with Gasteiger partial charge in [-0.05, 0) is 112 Å². The van der Waals surface area contributed by atoms with Crippen LogP contribution in [0.25, 0.3) is 0 Å². The maximum atomic E-state index is 13.8. The van der Waals surface area contributed by atoms with Gasteiger partial charge in [0, 0.05) is 66.8 Å². The zero-order chi connectivity index (χ0) is 38.7. The first-order chi connectivity index (χ1) is 27.1. The van der Waals surface area contributed by atoms with Gasteiger partial charge in [0.05, 0.1) is 34.0 Å². The van der Waals surface area contributed by atoms with Crippen LogP contribution in [0.1, 0.15) is 84.8 Å². The first-order valence-corrected chi connectivity index (χ1v) is 19.7. The maximum absolute atomic E-state index is 13.8. The van der Waals surface area contributed by atoms with Crippen LogP contribution in [0.3, 0.4) is 0 Å². The standard InChI is InChI=1S/C44H46N8O4/c1-44-19-20-47-41-35(11-10-32(40(41)44)43(56)52(44)36-12-13-39(54)48-42(36)55)50-23-16-29(17-24-50)49-21-14-28(15-22-49)27-6-8-30(9-7-27)51-25-18-33(45)37(51)26-34(46)31-4-2-3-5-38(31)53/h2-11,18,20,25-26,28-29,36,45-46,53H,12-17,19,21-24H2,1H3,(H,48,54,55)/b37-26+,45-33?,46-34?. The van der Waals surface area contributed by atoms with Crippen LogP contribution in [-0.4, -0.2) is 88.5 Å². The molecule has 56 heavy (non-hydrogen) atoms. The summed E-state index contributed by atoms with van der Waals surface area (Å²) in [6, 6.07) is 19.1. The highest BCUT2D eigenvalue weighted by Gasteiger charge is 2.54. The molecule has 12 nitrogen and oxygen atoms in total. The Morgan fingerprint density at radius 2 is 1.70 bits per heavy atom. The van der Waals surface area contributed by atoms with E-state index in [2.05, 4.69) is 39.4 Å². The van der Waals surface area contributed by atoms with Crippen LogP contribution in [-0.2, 0) is 15.1 Å². The molecule has 3 aromatic rings. The van der Waals surface area contributed by atoms with E-state index in [4.69, 9.17) is 15.8 Å². The molecule has 4 N–H and O–H groups in total. The summed E-state index contributed by atoms with van der Waals surface area (Å²) in [6.45, 7) is 5.94. The van der Waals surface area contributed by atoms with Gasteiger partial charge in [0.15, 0.2) is 0 Å². The maximum Gasteiger partial charge on any atom is 0.255 e. The Bertz CT molecular complexity index is 2250. The second kappa shape index (κ2) is 14.0. The number of anilines is 2. The predicted octanol–water partition coefficient (Wildman–Crippen LogP) is 6.13. The lowest BCUT2D eigenvalue weighted by molar-refractivity contribution is -0.138. The lowest BCUT2D eigenvalue weighted by atomic mass is 9.83. The molecule has 0 radical (unpaired) electrons. The molecule has 0 saturated carbocycles. The number of allylic oxidation sites excluding steroid dienone is 2. The zero-order valence-electron chi connectivity index (χ0n) is 31.5. The summed E-state index contributed by atoms with van der Waals surface area (Å²) in [7, 11) is 0. The van der Waals surface area contributed by atoms with E-state index < -0.39 is 17.5 Å². The van der Waals surface area contributed by atoms with Crippen LogP contribution < -0.4 is 15.1 Å². The Kier molecular flexibility index (Phi) is 8.95. The van der Waals surface area contributed by atoms with Gasteiger partial charge in [-0.3, -0.25) is 30.1 Å². The van der Waals surface area contributed by atoms with E-state index >= 15 is 0 Å². The average molecular weight is 751 g/mol. The summed E-state index contributed by atoms with van der Waals surface area (Å²) >= 11 is 0. The number of imide groups is 1. The highest BCUT2D eigenvalue weighted by Crippen LogP contribution is 2.53. The summed E-state index contributed by atoms with van der Waals surface area (Å²) in [6.07, 6.45) is 12.5. The van der Waals surface area contributed by atoms with Crippen LogP contribution in [0.4, 0.5) is 17.1 Å². The smallest absolute Gasteiger partial charge is 0.255 e. The van der Waals surface area contributed by atoms with Crippen molar-refractivity contribution in [2.75, 3.05) is 36.0 Å². The first kappa shape index (κ1) is 35.8. The number of aliphatic imine (C=N–C) groups is 1. The predicted molar refractivity (Wildman–Crippen MR) is 216 cm³/mol. The number of para-hydroxylation sites is 1. The second-order valence-electron chi connectivity index (χ2n) is 16.0. The monoisotopic (exact) mass is 750 g/mol. The van der Waals surface area contributed by atoms with Gasteiger partial charge in [-0.1, -0.05) is 24.3 Å². The number of benzene rings is 3. The first-order valence-electron chi connectivity index (χ1n) is 19.7. The number of nitrogens with one attached hydrogen (secondary N) is 3. The molecule has 2 unspecified atom stereocenters. The van der Waals surface area contributed by atoms with E-state index in [0.29, 0.717) is 47.3 Å². The van der Waals surface area contributed by atoms with Crippen LogP contribution >= 0.6 is 0 Å². The minimum Gasteiger partial charge on any atom is -0.507 e. The van der Waals surface area contributed by atoms with Crippen molar-refractivity contribution < 1.29 is 19.5 Å². The Morgan fingerprint density at radius 3 is 2.43 bits per heavy atom. The Morgan fingerprint density at radius 1 is 0.946 bits per heavy atom. The molecule has 6 heterocycles. The number of amides is 3. The SMILES string of the molecule is CC12CC=Nc3c(N4CCC(N5CCC(c6ccc(N7C=CC(=N)/C7=C\C(=N)c7ccccc7O)cc6)CC5)CC4)ccc(c31)C(=O)N2C1CCC(=O)NC1=O. The number of nitrogens with zero attached hydrogens (tertiary/aromatic N) is 5. The third-order valence-electron chi connectivity index (χ3n) is 12.8. The van der Waals surface area contributed by atoms with Gasteiger partial charge in [0.2, 0.25) is 11.8 Å². The highest BCUT2D eigenvalue weighted by atomic mass is 16.3. The summed E-state index contributed by atoms with van der Waals surface area (Å²) in [5.41, 5.74) is 6.44. The van der Waals surface area contributed by atoms with Crippen LogP contribution in [0.5, 0.6) is 5.75 Å². The summed E-state index contributed by atoms with van der Waals surface area (Å²) in [5.74, 6) is -0.329. The van der Waals surface area contributed by atoms with Crippen LogP contribution in [0, 0.1) is 10.8 Å². The minimum absolute atomic E-state index is 0.0452. The topological polar surface area (TPSA) is 156 Å². The van der Waals surface area contributed by atoms with E-state index in [1.165, 1.54) is 5.56 Å². The second-order valence-corrected chi connectivity index (χ2v) is 16.0. The number of aromatic hydroxyl groups is 1. The largest absolute Gasteiger partial charge is 0.507 e. The van der Waals surface area contributed by atoms with Gasteiger partial charge in [0.1, 0.15) is 11.8 Å². The van der Waals surface area contributed by atoms with E-state index in [1.807, 2.05) is 36.4 Å². The normalized spacial score (nSPS) is 25.1. The van der Waals surface area contributed by atoms with Gasteiger partial charge < -0.3 is 30.1 Å². The van der Waals surface area contributed by atoms with Gasteiger partial charge in [-0.2, -0.15) is 0 Å². The van der Waals surface area contributed by atoms with Gasteiger partial charge in [-0.15, -0.1) is 0 Å². The summed E-state index contributed by atoms with van der Waals surface area (Å²) in [4.78, 5) is 52.2. The van der Waals surface area contributed by atoms with Gasteiger partial charge in [-0.25, -0.2) is 0 Å². The Labute approximate surface area is 326 Å². The fraction of sp³-hybridized carbons (Fsp3) is 0.364. The number of hydrogen-bond acceptors (Lipinski definition) is 10. The van der Waals surface area contributed by atoms with Crippen LogP contribution in [0.15, 0.2) is 89.7 Å². The van der Waals surface area contributed by atoms with Crippen molar-refractivity contribution in [3.8, 4) is 5.75 Å². The number of phenolic OH excluding ortho intramolecular Hbond substituents is 1. The molecule has 0 spiro atoms. The molecular formula is C44H46N8O4. The Balaban J connectivity index is 0.821. The van der Waals surface area contributed by atoms with Crippen molar-refractivity contribution in [3.05, 3.63) is 107 Å². The number of piperidine rings is 3. The molecule has 0 bridgehead atoms. The molecule has 6 aliphatic heterocycles. The Hall–Kier alpha value is -5.88. The third kappa shape index (κ3) is 6.03. The summed E-state index contributed by atoms with van der Waals surface area (Å²) < 4.78 is 0. The molecule has 9 rings (SSSR count). The molecule has 3 aromatic carbocycles. The zero-order valence-corrected chi connectivity index (χ0v) is 31.5. The van der Waals surface area contributed by atoms with Crippen molar-refractivity contribution in [1.82, 2.24) is 15.1 Å². The molecule has 3 fully saturated rings. The van der Waals surface area contributed by atoms with E-state index in [0.717, 1.165) is 74.5 Å². The molecular weight excluding hydrogens is 705 g/mol. The van der Waals surface area contributed by atoms with Crippen molar-refractivity contribution in [3.63, 3.8) is 0 Å². The molecule has 0 aliphatic carbocycles. The quantitative estimate of drug-likeness (QED) is 0.167. The lowest BCUT2D eigenvalue weighted by Crippen LogP contribution is -2.58. The van der Waals surface area contributed by atoms with Crippen molar-refractivity contribution in [2.45, 2.75) is 75.4 Å². The van der Waals surface area contributed by atoms with Gasteiger partial charge >= 0.3 is 0 Å². The molecule has 0 aromatic heterocycles. The van der Waals surface area contributed by atoms with Crippen molar-refractivity contribution in [1.29, 1.82) is 10.8 Å². The van der Waals surface area contributed by atoms with Crippen LogP contribution in [0.2, 0.25) is 0 Å². The molecule has 6 aliphatic rings. The van der Waals surface area contributed by atoms with Crippen molar-refractivity contribution >= 4 is 52.4 Å². The number of rotatable bonds is 7. The molecule has 12 heteroatoms. The lowest BCUT2D eigenvalue weighted by Gasteiger charge is -2.44. The number of phenols is 1. The van der Waals surface area contributed by atoms with Crippen molar-refractivity contribution in [2.24, 2.45) is 4.99 Å². The third-order valence-corrected chi connectivity index (χ3v) is 12.8. The average Bonchev–Trinajstić information content (AvgIpc) is 3.68. The minimum atomic E-state index is -0.695. The van der Waals surface area contributed by atoms with E-state index in [1.54, 1.807) is 41.3 Å². The summed E-state index contributed by atoms with van der Waals surface area (Å²) in [5, 5.41) is 29.7. The van der Waals surface area contributed by atoms with Gasteiger partial charge in [0.25, 0.3) is 5.91 Å². The molecule has 286 valence electrons. The van der Waals surface area contributed by atoms with E-state index in [-0.39, 0.29) is 29.7 Å². The number of carbonyl (C=O) groups excluding carboxylic acids is 3. The fourth-order valence-corrected chi connectivity index (χ4v) is 9.80. The highest BCUT2D eigenvalue weighted by molar-refractivity contribution is 6.19. The fourth-order valence-electron chi connectivity index (χ4n) is 9.80. The number of hydrogen-bond donors (Lipinski definition) is 4. The molecule has 2 atom stereocenters. The number of likely N-dealkylation sites (tertiary alicyclic amines) is 1. The number of carbonyl (C=O) groups is 3.